The lowest BCUT2D eigenvalue weighted by molar-refractivity contribution is -0.0512. The van der Waals surface area contributed by atoms with Crippen LogP contribution in [0.2, 0.25) is 10.0 Å². The maximum absolute atomic E-state index is 13.8. The number of methoxy groups -OCH3 is 2. The van der Waals surface area contributed by atoms with Crippen LogP contribution in [0.25, 0.3) is 0 Å². The molecule has 3 aromatic carbocycles. The summed E-state index contributed by atoms with van der Waals surface area (Å²) in [5.41, 5.74) is 2.39. The first kappa shape index (κ1) is 37.1. The second kappa shape index (κ2) is 16.8. The van der Waals surface area contributed by atoms with E-state index in [-0.39, 0.29) is 46.2 Å². The highest BCUT2D eigenvalue weighted by atomic mass is 35.5. The van der Waals surface area contributed by atoms with Gasteiger partial charge in [0.15, 0.2) is 11.5 Å². The number of nitrogens with zero attached hydrogens (tertiary/aromatic N) is 3. The van der Waals surface area contributed by atoms with Gasteiger partial charge in [-0.25, -0.2) is 9.59 Å². The van der Waals surface area contributed by atoms with Crippen LogP contribution in [0.15, 0.2) is 79.1 Å². The number of anilines is 1. The Morgan fingerprint density at radius 3 is 2.25 bits per heavy atom. The number of carbonyl (C=O) groups excluding carboxylic acids is 2. The van der Waals surface area contributed by atoms with Gasteiger partial charge < -0.3 is 23.7 Å². The molecule has 0 aliphatic carbocycles. The number of fused-ring (bicyclic) bond motifs is 3. The minimum atomic E-state index is -3.07. The molecular formula is C38H37Cl2F2N3O7. The quantitative estimate of drug-likeness (QED) is 0.125. The highest BCUT2D eigenvalue weighted by Crippen LogP contribution is 2.37. The Balaban J connectivity index is 1.23. The van der Waals surface area contributed by atoms with Crippen molar-refractivity contribution >= 4 is 41.0 Å². The third-order valence-corrected chi connectivity index (χ3v) is 9.99. The Morgan fingerprint density at radius 2 is 1.62 bits per heavy atom. The number of hydrogen-bond donors (Lipinski definition) is 0. The maximum Gasteiger partial charge on any atom is 0.415 e. The van der Waals surface area contributed by atoms with Crippen LogP contribution < -0.4 is 19.1 Å². The van der Waals surface area contributed by atoms with E-state index in [1.165, 1.54) is 42.6 Å². The lowest BCUT2D eigenvalue weighted by Crippen LogP contribution is -2.53. The standard InChI is InChI=1S/C38H37Cl2F2N3O7/c1-48-31-6-4-3-5-30(31)45(38(47)52-35-22-44-15-13-24(35)14-16-44)21-23-7-9-25(10-8-23)36(46)50-33(18-27-28(39)19-43-20-29(27)40)26-11-12-32(51-37(41)42)34(17-26)49-2/h3-12,17,19-20,24,33,35,37H,13-16,18,21-22H2,1-2H3/t33-,35-/m0/s1. The van der Waals surface area contributed by atoms with E-state index in [4.69, 9.17) is 42.1 Å². The van der Waals surface area contributed by atoms with Gasteiger partial charge in [-0.05, 0) is 84.9 Å². The Kier molecular flexibility index (Phi) is 12.0. The summed E-state index contributed by atoms with van der Waals surface area (Å²) in [6.07, 6.45) is 3.23. The molecule has 4 heterocycles. The molecular weight excluding hydrogens is 719 g/mol. The topological polar surface area (TPSA) is 99.7 Å². The van der Waals surface area contributed by atoms with Crippen molar-refractivity contribution in [2.75, 3.05) is 38.8 Å². The van der Waals surface area contributed by atoms with E-state index in [2.05, 4.69) is 14.6 Å². The van der Waals surface area contributed by atoms with Crippen LogP contribution >= 0.6 is 23.2 Å². The monoisotopic (exact) mass is 755 g/mol. The van der Waals surface area contributed by atoms with E-state index < -0.39 is 24.8 Å². The summed E-state index contributed by atoms with van der Waals surface area (Å²) in [5, 5.41) is 0.517. The zero-order valence-corrected chi connectivity index (χ0v) is 30.0. The molecule has 3 aliphatic heterocycles. The fourth-order valence-corrected chi connectivity index (χ4v) is 7.11. The fraction of sp³-hybridized carbons (Fsp3) is 0.342. The molecule has 3 aliphatic rings. The molecule has 3 saturated heterocycles. The molecule has 7 rings (SSSR count). The summed E-state index contributed by atoms with van der Waals surface area (Å²) in [5.74, 6) is 0.00384. The van der Waals surface area contributed by atoms with E-state index in [1.807, 2.05) is 12.1 Å². The third kappa shape index (κ3) is 8.68. The number of esters is 1. The zero-order valence-electron chi connectivity index (χ0n) is 28.5. The summed E-state index contributed by atoms with van der Waals surface area (Å²) in [7, 11) is 2.85. The van der Waals surface area contributed by atoms with Crippen molar-refractivity contribution in [1.82, 2.24) is 9.88 Å². The van der Waals surface area contributed by atoms with Gasteiger partial charge in [-0.1, -0.05) is 53.5 Å². The highest BCUT2D eigenvalue weighted by molar-refractivity contribution is 6.35. The van der Waals surface area contributed by atoms with Crippen LogP contribution in [0, 0.1) is 5.92 Å². The van der Waals surface area contributed by atoms with Crippen molar-refractivity contribution < 1.29 is 42.1 Å². The molecule has 2 atom stereocenters. The molecule has 3 fully saturated rings. The predicted molar refractivity (Wildman–Crippen MR) is 191 cm³/mol. The number of halogens is 4. The number of carbonyl (C=O) groups is 2. The Hall–Kier alpha value is -4.65. The van der Waals surface area contributed by atoms with Gasteiger partial charge in [0.1, 0.15) is 18.0 Å². The average Bonchev–Trinajstić information content (AvgIpc) is 3.15. The Labute approximate surface area is 310 Å². The second-order valence-corrected chi connectivity index (χ2v) is 13.3. The van der Waals surface area contributed by atoms with Gasteiger partial charge >= 0.3 is 18.7 Å². The van der Waals surface area contributed by atoms with Crippen LogP contribution in [0.3, 0.4) is 0 Å². The Bertz CT molecular complexity index is 1860. The number of aromatic nitrogens is 1. The molecule has 1 aromatic heterocycles. The maximum atomic E-state index is 13.8. The molecule has 52 heavy (non-hydrogen) atoms. The van der Waals surface area contributed by atoms with E-state index in [0.29, 0.717) is 35.0 Å². The van der Waals surface area contributed by atoms with Crippen molar-refractivity contribution in [2.45, 2.75) is 44.6 Å². The van der Waals surface area contributed by atoms with Crippen molar-refractivity contribution in [3.8, 4) is 17.2 Å². The molecule has 4 aromatic rings. The number of rotatable bonds is 13. The molecule has 10 nitrogen and oxygen atoms in total. The highest BCUT2D eigenvalue weighted by Gasteiger charge is 2.38. The number of benzene rings is 3. The van der Waals surface area contributed by atoms with Gasteiger partial charge in [0.05, 0.1) is 42.1 Å². The van der Waals surface area contributed by atoms with Gasteiger partial charge in [0, 0.05) is 25.4 Å². The fourth-order valence-electron chi connectivity index (χ4n) is 6.59. The number of alkyl halides is 2. The minimum Gasteiger partial charge on any atom is -0.495 e. The molecule has 2 bridgehead atoms. The van der Waals surface area contributed by atoms with Crippen LogP contribution in [-0.2, 0) is 22.4 Å². The van der Waals surface area contributed by atoms with Crippen molar-refractivity contribution in [2.24, 2.45) is 5.92 Å². The summed E-state index contributed by atoms with van der Waals surface area (Å²) in [4.78, 5) is 35.3. The first-order valence-electron chi connectivity index (χ1n) is 16.7. The van der Waals surface area contributed by atoms with E-state index in [0.717, 1.165) is 31.5 Å². The Morgan fingerprint density at radius 1 is 0.923 bits per heavy atom. The van der Waals surface area contributed by atoms with Gasteiger partial charge in [0.25, 0.3) is 0 Å². The van der Waals surface area contributed by atoms with E-state index in [1.54, 1.807) is 43.5 Å². The van der Waals surface area contributed by atoms with E-state index >= 15 is 0 Å². The van der Waals surface area contributed by atoms with Crippen LogP contribution in [0.1, 0.15) is 46.0 Å². The number of hydrogen-bond acceptors (Lipinski definition) is 9. The molecule has 14 heteroatoms. The first-order valence-corrected chi connectivity index (χ1v) is 17.4. The van der Waals surface area contributed by atoms with Crippen LogP contribution in [-0.4, -0.2) is 68.5 Å². The molecule has 0 saturated carbocycles. The molecule has 0 spiro atoms. The summed E-state index contributed by atoms with van der Waals surface area (Å²) in [6.45, 7) is -0.167. The lowest BCUT2D eigenvalue weighted by Gasteiger charge is -2.44. The van der Waals surface area contributed by atoms with Crippen molar-refractivity contribution in [1.29, 1.82) is 0 Å². The first-order chi connectivity index (χ1) is 25.1. The lowest BCUT2D eigenvalue weighted by atomic mass is 9.86. The molecule has 0 radical (unpaired) electrons. The predicted octanol–water partition coefficient (Wildman–Crippen LogP) is 8.39. The van der Waals surface area contributed by atoms with Gasteiger partial charge in [0.2, 0.25) is 0 Å². The third-order valence-electron chi connectivity index (χ3n) is 9.34. The second-order valence-electron chi connectivity index (χ2n) is 12.5. The van der Waals surface area contributed by atoms with Gasteiger partial charge in [-0.3, -0.25) is 14.8 Å². The van der Waals surface area contributed by atoms with Crippen LogP contribution in [0.4, 0.5) is 19.3 Å². The smallest absolute Gasteiger partial charge is 0.415 e. The van der Waals surface area contributed by atoms with Crippen LogP contribution in [0.5, 0.6) is 17.2 Å². The number of amides is 1. The summed E-state index contributed by atoms with van der Waals surface area (Å²) < 4.78 is 53.5. The molecule has 274 valence electrons. The summed E-state index contributed by atoms with van der Waals surface area (Å²) in [6, 6.07) is 18.1. The van der Waals surface area contributed by atoms with Gasteiger partial charge in [-0.2, -0.15) is 8.78 Å². The van der Waals surface area contributed by atoms with Crippen molar-refractivity contribution in [3.05, 3.63) is 111 Å². The minimum absolute atomic E-state index is 0.0155. The summed E-state index contributed by atoms with van der Waals surface area (Å²) >= 11 is 12.8. The normalized spacial score (nSPS) is 18.4. The van der Waals surface area contributed by atoms with E-state index in [9.17, 15) is 18.4 Å². The number of piperidine rings is 3. The number of ether oxygens (including phenoxy) is 5. The largest absolute Gasteiger partial charge is 0.495 e. The number of para-hydroxylation sites is 2. The molecule has 0 unspecified atom stereocenters. The average molecular weight is 757 g/mol. The number of pyridine rings is 1. The van der Waals surface area contributed by atoms with Gasteiger partial charge in [-0.15, -0.1) is 0 Å². The molecule has 1 amide bonds. The zero-order chi connectivity index (χ0) is 36.8. The SMILES string of the molecule is COc1cc([C@H](Cc2c(Cl)cncc2Cl)OC(=O)c2ccc(CN(C(=O)O[C@H]3CN4CCC3CC4)c3ccccc3OC)cc2)ccc1OC(F)F. The van der Waals surface area contributed by atoms with Crippen molar-refractivity contribution in [3.63, 3.8) is 0 Å². The molecule has 0 N–H and O–H groups in total.